The van der Waals surface area contributed by atoms with Crippen molar-refractivity contribution in [3.8, 4) is 5.75 Å². The fourth-order valence-electron chi connectivity index (χ4n) is 2.42. The molecular formula is C14H19ClN2O4S. The van der Waals surface area contributed by atoms with E-state index in [0.29, 0.717) is 13.1 Å². The summed E-state index contributed by atoms with van der Waals surface area (Å²) in [6, 6.07) is 3.48. The predicted molar refractivity (Wildman–Crippen MR) is 83.6 cm³/mol. The van der Waals surface area contributed by atoms with Crippen molar-refractivity contribution < 1.29 is 17.9 Å². The molecule has 1 aromatic carbocycles. The Labute approximate surface area is 135 Å². The number of rotatable bonds is 5. The van der Waals surface area contributed by atoms with E-state index in [1.165, 1.54) is 32.2 Å². The minimum absolute atomic E-state index is 0.0800. The van der Waals surface area contributed by atoms with Crippen LogP contribution in [0.5, 0.6) is 5.75 Å². The molecule has 0 radical (unpaired) electrons. The summed E-state index contributed by atoms with van der Waals surface area (Å²) in [7, 11) is -2.53. The molecule has 0 saturated carbocycles. The van der Waals surface area contributed by atoms with Gasteiger partial charge in [-0.25, -0.2) is 8.42 Å². The van der Waals surface area contributed by atoms with E-state index >= 15 is 0 Å². The molecular weight excluding hydrogens is 328 g/mol. The number of hydrogen-bond donors (Lipinski definition) is 1. The van der Waals surface area contributed by atoms with E-state index in [1.54, 1.807) is 4.90 Å². The second kappa shape index (κ2) is 6.85. The molecule has 1 N–H and O–H groups in total. The van der Waals surface area contributed by atoms with Crippen LogP contribution in [-0.4, -0.2) is 45.5 Å². The highest BCUT2D eigenvalue weighted by Gasteiger charge is 2.29. The lowest BCUT2D eigenvalue weighted by Gasteiger charge is -2.21. The maximum atomic E-state index is 12.5. The van der Waals surface area contributed by atoms with Crippen LogP contribution >= 0.6 is 11.6 Å². The number of benzene rings is 1. The molecule has 1 aliphatic rings. The highest BCUT2D eigenvalue weighted by molar-refractivity contribution is 7.89. The zero-order chi connectivity index (χ0) is 16.3. The number of carbonyl (C=O) groups is 1. The summed E-state index contributed by atoms with van der Waals surface area (Å²) in [4.78, 5) is 13.8. The number of carbonyl (C=O) groups excluding carboxylic acids is 1. The van der Waals surface area contributed by atoms with Gasteiger partial charge < -0.3 is 9.64 Å². The third-order valence-electron chi connectivity index (χ3n) is 3.54. The number of sulfonamides is 1. The van der Waals surface area contributed by atoms with Crippen LogP contribution in [0.1, 0.15) is 19.8 Å². The van der Waals surface area contributed by atoms with E-state index in [9.17, 15) is 13.2 Å². The van der Waals surface area contributed by atoms with Gasteiger partial charge in [0.25, 0.3) is 0 Å². The lowest BCUT2D eigenvalue weighted by molar-refractivity contribution is -0.131. The molecule has 1 amide bonds. The van der Waals surface area contributed by atoms with E-state index < -0.39 is 16.1 Å². The minimum atomic E-state index is -3.91. The number of methoxy groups -OCH3 is 1. The average Bonchev–Trinajstić information content (AvgIpc) is 3.00. The van der Waals surface area contributed by atoms with Crippen molar-refractivity contribution >= 4 is 27.5 Å². The van der Waals surface area contributed by atoms with Crippen molar-refractivity contribution in [2.45, 2.75) is 30.7 Å². The standard InChI is InChI=1S/C14H19ClN2O4S/c1-10(14(18)17-7-3-4-8-17)16-22(19,20)13-9-11(15)5-6-12(13)21-2/h5-6,9-10,16H,3-4,7-8H2,1-2H3/t10-/m0/s1. The number of nitrogens with zero attached hydrogens (tertiary/aromatic N) is 1. The number of nitrogens with one attached hydrogen (secondary N) is 1. The molecule has 1 fully saturated rings. The van der Waals surface area contributed by atoms with Gasteiger partial charge in [0, 0.05) is 18.1 Å². The molecule has 0 bridgehead atoms. The molecule has 6 nitrogen and oxygen atoms in total. The monoisotopic (exact) mass is 346 g/mol. The van der Waals surface area contributed by atoms with Crippen molar-refractivity contribution in [3.63, 3.8) is 0 Å². The quantitative estimate of drug-likeness (QED) is 0.879. The number of hydrogen-bond acceptors (Lipinski definition) is 4. The minimum Gasteiger partial charge on any atom is -0.495 e. The summed E-state index contributed by atoms with van der Waals surface area (Å²) in [5.74, 6) is -0.0419. The zero-order valence-electron chi connectivity index (χ0n) is 12.5. The largest absolute Gasteiger partial charge is 0.495 e. The third-order valence-corrected chi connectivity index (χ3v) is 5.33. The molecule has 0 aromatic heterocycles. The Balaban J connectivity index is 2.20. The summed E-state index contributed by atoms with van der Waals surface area (Å²) in [6.07, 6.45) is 1.90. The molecule has 2 rings (SSSR count). The lowest BCUT2D eigenvalue weighted by atomic mass is 10.3. The van der Waals surface area contributed by atoms with Crippen molar-refractivity contribution in [2.24, 2.45) is 0 Å². The lowest BCUT2D eigenvalue weighted by Crippen LogP contribution is -2.45. The Hall–Kier alpha value is -1.31. The van der Waals surface area contributed by atoms with Crippen LogP contribution in [-0.2, 0) is 14.8 Å². The SMILES string of the molecule is COc1ccc(Cl)cc1S(=O)(=O)N[C@@H](C)C(=O)N1CCCC1. The molecule has 22 heavy (non-hydrogen) atoms. The first-order chi connectivity index (χ1) is 10.3. The number of likely N-dealkylation sites (tertiary alicyclic amines) is 1. The third kappa shape index (κ3) is 3.71. The van der Waals surface area contributed by atoms with Crippen LogP contribution in [0.2, 0.25) is 5.02 Å². The molecule has 8 heteroatoms. The van der Waals surface area contributed by atoms with Crippen LogP contribution in [0, 0.1) is 0 Å². The first-order valence-corrected chi connectivity index (χ1v) is 8.86. The Morgan fingerprint density at radius 3 is 2.59 bits per heavy atom. The van der Waals surface area contributed by atoms with Gasteiger partial charge in [0.05, 0.1) is 13.2 Å². The molecule has 1 aliphatic heterocycles. The van der Waals surface area contributed by atoms with E-state index in [4.69, 9.17) is 16.3 Å². The molecule has 1 aromatic rings. The van der Waals surface area contributed by atoms with Crippen LogP contribution in [0.3, 0.4) is 0 Å². The predicted octanol–water partition coefficient (Wildman–Crippen LogP) is 1.64. The summed E-state index contributed by atoms with van der Waals surface area (Å²) in [5, 5.41) is 0.277. The topological polar surface area (TPSA) is 75.7 Å². The first-order valence-electron chi connectivity index (χ1n) is 7.00. The van der Waals surface area contributed by atoms with Crippen molar-refractivity contribution in [3.05, 3.63) is 23.2 Å². The molecule has 0 aliphatic carbocycles. The fourth-order valence-corrected chi connectivity index (χ4v) is 4.05. The van der Waals surface area contributed by atoms with Crippen molar-refractivity contribution in [1.82, 2.24) is 9.62 Å². The van der Waals surface area contributed by atoms with Gasteiger partial charge in [0.15, 0.2) is 0 Å². The Kier molecular flexibility index (Phi) is 5.31. The van der Waals surface area contributed by atoms with Gasteiger partial charge in [-0.2, -0.15) is 4.72 Å². The van der Waals surface area contributed by atoms with Gasteiger partial charge >= 0.3 is 0 Å². The molecule has 0 unspecified atom stereocenters. The average molecular weight is 347 g/mol. The summed E-state index contributed by atoms with van der Waals surface area (Å²) >= 11 is 5.86. The maximum Gasteiger partial charge on any atom is 0.245 e. The van der Waals surface area contributed by atoms with Gasteiger partial charge in [0.1, 0.15) is 10.6 Å². The Morgan fingerprint density at radius 1 is 1.36 bits per heavy atom. The van der Waals surface area contributed by atoms with E-state index in [0.717, 1.165) is 12.8 Å². The first kappa shape index (κ1) is 17.1. The maximum absolute atomic E-state index is 12.5. The van der Waals surface area contributed by atoms with Gasteiger partial charge in [-0.3, -0.25) is 4.79 Å². The van der Waals surface area contributed by atoms with Crippen LogP contribution in [0.25, 0.3) is 0 Å². The second-order valence-corrected chi connectivity index (χ2v) is 7.29. The number of amides is 1. The van der Waals surface area contributed by atoms with Crippen LogP contribution < -0.4 is 9.46 Å². The number of halogens is 1. The fraction of sp³-hybridized carbons (Fsp3) is 0.500. The van der Waals surface area contributed by atoms with Crippen molar-refractivity contribution in [2.75, 3.05) is 20.2 Å². The van der Waals surface area contributed by atoms with E-state index in [-0.39, 0.29) is 21.6 Å². The van der Waals surface area contributed by atoms with Gasteiger partial charge in [-0.15, -0.1) is 0 Å². The van der Waals surface area contributed by atoms with Crippen molar-refractivity contribution in [1.29, 1.82) is 0 Å². The summed E-state index contributed by atoms with van der Waals surface area (Å²) in [5.41, 5.74) is 0. The van der Waals surface area contributed by atoms with Crippen LogP contribution in [0.15, 0.2) is 23.1 Å². The smallest absolute Gasteiger partial charge is 0.245 e. The molecule has 1 atom stereocenters. The van der Waals surface area contributed by atoms with Gasteiger partial charge in [0.2, 0.25) is 15.9 Å². The number of ether oxygens (including phenoxy) is 1. The zero-order valence-corrected chi connectivity index (χ0v) is 14.1. The molecule has 1 heterocycles. The highest BCUT2D eigenvalue weighted by Crippen LogP contribution is 2.27. The normalized spacial score (nSPS) is 16.6. The summed E-state index contributed by atoms with van der Waals surface area (Å²) in [6.45, 7) is 2.88. The van der Waals surface area contributed by atoms with E-state index in [1.807, 2.05) is 0 Å². The van der Waals surface area contributed by atoms with Gasteiger partial charge in [-0.05, 0) is 38.0 Å². The molecule has 1 saturated heterocycles. The Morgan fingerprint density at radius 2 is 2.00 bits per heavy atom. The Bertz CT molecular complexity index is 657. The molecule has 122 valence electrons. The molecule has 0 spiro atoms. The van der Waals surface area contributed by atoms with Crippen LogP contribution in [0.4, 0.5) is 0 Å². The van der Waals surface area contributed by atoms with Gasteiger partial charge in [-0.1, -0.05) is 11.6 Å². The second-order valence-electron chi connectivity index (χ2n) is 5.17. The van der Waals surface area contributed by atoms with E-state index in [2.05, 4.69) is 4.72 Å². The highest BCUT2D eigenvalue weighted by atomic mass is 35.5. The summed E-state index contributed by atoms with van der Waals surface area (Å²) < 4.78 is 32.4.